The first-order chi connectivity index (χ1) is 10.2. The van der Waals surface area contributed by atoms with Gasteiger partial charge in [0, 0.05) is 6.20 Å². The lowest BCUT2D eigenvalue weighted by Gasteiger charge is -2.19. The van der Waals surface area contributed by atoms with E-state index in [1.54, 1.807) is 12.3 Å². The monoisotopic (exact) mass is 322 g/mol. The van der Waals surface area contributed by atoms with E-state index >= 15 is 0 Å². The predicted octanol–water partition coefficient (Wildman–Crippen LogP) is 5.04. The van der Waals surface area contributed by atoms with Gasteiger partial charge in [-0.1, -0.05) is 67.7 Å². The van der Waals surface area contributed by atoms with Crippen LogP contribution in [0.2, 0.25) is 10.0 Å². The van der Waals surface area contributed by atoms with Crippen molar-refractivity contribution in [2.75, 3.05) is 6.54 Å². The van der Waals surface area contributed by atoms with E-state index in [0.717, 1.165) is 30.6 Å². The Hall–Kier alpha value is -1.09. The van der Waals surface area contributed by atoms with Gasteiger partial charge in [0.2, 0.25) is 0 Å². The largest absolute Gasteiger partial charge is 0.305 e. The van der Waals surface area contributed by atoms with E-state index in [0.29, 0.717) is 10.0 Å². The van der Waals surface area contributed by atoms with E-state index in [1.807, 2.05) is 0 Å². The molecule has 0 amide bonds. The molecule has 0 aliphatic rings. The second-order valence-electron chi connectivity index (χ2n) is 5.00. The van der Waals surface area contributed by atoms with Gasteiger partial charge in [-0.15, -0.1) is 0 Å². The molecule has 112 valence electrons. The van der Waals surface area contributed by atoms with Crippen molar-refractivity contribution in [3.05, 3.63) is 63.4 Å². The first-order valence-corrected chi connectivity index (χ1v) is 8.04. The molecular weight excluding hydrogens is 303 g/mol. The van der Waals surface area contributed by atoms with Crippen molar-refractivity contribution < 1.29 is 0 Å². The Bertz CT molecular complexity index is 582. The zero-order valence-corrected chi connectivity index (χ0v) is 13.9. The number of aryl methyl sites for hydroxylation is 1. The number of rotatable bonds is 6. The summed E-state index contributed by atoms with van der Waals surface area (Å²) in [6.45, 7) is 5.09. The Morgan fingerprint density at radius 3 is 2.43 bits per heavy atom. The zero-order chi connectivity index (χ0) is 15.2. The van der Waals surface area contributed by atoms with Crippen molar-refractivity contribution in [3.8, 4) is 0 Å². The molecule has 1 unspecified atom stereocenters. The molecular formula is C17H20Cl2N2. The minimum absolute atomic E-state index is 0.0181. The van der Waals surface area contributed by atoms with Crippen LogP contribution in [-0.2, 0) is 6.42 Å². The van der Waals surface area contributed by atoms with Gasteiger partial charge in [0.05, 0.1) is 21.8 Å². The van der Waals surface area contributed by atoms with E-state index < -0.39 is 0 Å². The molecule has 2 rings (SSSR count). The lowest BCUT2D eigenvalue weighted by molar-refractivity contribution is 0.615. The third-order valence-corrected chi connectivity index (χ3v) is 3.88. The molecule has 1 atom stereocenters. The van der Waals surface area contributed by atoms with Gasteiger partial charge in [0.1, 0.15) is 0 Å². The number of benzene rings is 1. The molecule has 1 aromatic heterocycles. The Balaban J connectivity index is 2.33. The van der Waals surface area contributed by atoms with Gasteiger partial charge < -0.3 is 5.32 Å². The summed E-state index contributed by atoms with van der Waals surface area (Å²) >= 11 is 12.2. The Morgan fingerprint density at radius 1 is 1.14 bits per heavy atom. The van der Waals surface area contributed by atoms with Gasteiger partial charge in [-0.25, -0.2) is 0 Å². The summed E-state index contributed by atoms with van der Waals surface area (Å²) in [6.07, 6.45) is 3.89. The molecule has 4 heteroatoms. The average Bonchev–Trinajstić information content (AvgIpc) is 2.47. The first kappa shape index (κ1) is 16.3. The summed E-state index contributed by atoms with van der Waals surface area (Å²) in [5, 5.41) is 4.58. The molecule has 21 heavy (non-hydrogen) atoms. The van der Waals surface area contributed by atoms with Crippen molar-refractivity contribution in [2.24, 2.45) is 0 Å². The highest BCUT2D eigenvalue weighted by Crippen LogP contribution is 2.28. The summed E-state index contributed by atoms with van der Waals surface area (Å²) in [7, 11) is 0. The number of halogens is 2. The fraction of sp³-hybridized carbons (Fsp3) is 0.353. The Kier molecular flexibility index (Phi) is 6.04. The van der Waals surface area contributed by atoms with E-state index in [9.17, 15) is 0 Å². The minimum Gasteiger partial charge on any atom is -0.305 e. The fourth-order valence-corrected chi connectivity index (χ4v) is 2.87. The smallest absolute Gasteiger partial charge is 0.0805 e. The van der Waals surface area contributed by atoms with Crippen LogP contribution in [0.15, 0.2) is 36.5 Å². The number of hydrogen-bond donors (Lipinski definition) is 1. The molecule has 0 saturated carbocycles. The second kappa shape index (κ2) is 7.79. The fourth-order valence-electron chi connectivity index (χ4n) is 2.38. The highest BCUT2D eigenvalue weighted by molar-refractivity contribution is 6.34. The second-order valence-corrected chi connectivity index (χ2v) is 5.85. The normalized spacial score (nSPS) is 12.4. The standard InChI is InChI=1S/C17H20Cl2N2/c1-3-5-12-6-8-13(9-7-12)16(20-4-2)17-15(19)10-14(18)11-21-17/h6-11,16,20H,3-5H2,1-2H3. The number of hydrogen-bond acceptors (Lipinski definition) is 2. The maximum atomic E-state index is 6.30. The summed E-state index contributed by atoms with van der Waals surface area (Å²) in [4.78, 5) is 4.41. The molecule has 0 saturated heterocycles. The van der Waals surface area contributed by atoms with Crippen LogP contribution in [0.5, 0.6) is 0 Å². The molecule has 0 bridgehead atoms. The van der Waals surface area contributed by atoms with E-state index in [4.69, 9.17) is 23.2 Å². The summed E-state index contributed by atoms with van der Waals surface area (Å²) in [6, 6.07) is 10.4. The third-order valence-electron chi connectivity index (χ3n) is 3.37. The molecule has 0 aliphatic carbocycles. The lowest BCUT2D eigenvalue weighted by Crippen LogP contribution is -2.23. The molecule has 1 aromatic carbocycles. The predicted molar refractivity (Wildman–Crippen MR) is 90.2 cm³/mol. The summed E-state index contributed by atoms with van der Waals surface area (Å²) in [5.41, 5.74) is 3.33. The SMILES string of the molecule is CCCc1ccc(C(NCC)c2ncc(Cl)cc2Cl)cc1. The van der Waals surface area contributed by atoms with Crippen LogP contribution in [0.3, 0.4) is 0 Å². The Labute approximate surface area is 136 Å². The molecule has 0 spiro atoms. The van der Waals surface area contributed by atoms with Crippen LogP contribution < -0.4 is 5.32 Å². The van der Waals surface area contributed by atoms with Crippen LogP contribution in [-0.4, -0.2) is 11.5 Å². The maximum Gasteiger partial charge on any atom is 0.0805 e. The topological polar surface area (TPSA) is 24.9 Å². The highest BCUT2D eigenvalue weighted by atomic mass is 35.5. The van der Waals surface area contributed by atoms with Gasteiger partial charge in [0.15, 0.2) is 0 Å². The molecule has 1 N–H and O–H groups in total. The Morgan fingerprint density at radius 2 is 1.86 bits per heavy atom. The molecule has 2 nitrogen and oxygen atoms in total. The van der Waals surface area contributed by atoms with Gasteiger partial charge in [0.25, 0.3) is 0 Å². The van der Waals surface area contributed by atoms with Crippen molar-refractivity contribution in [3.63, 3.8) is 0 Å². The van der Waals surface area contributed by atoms with Crippen LogP contribution in [0.1, 0.15) is 43.1 Å². The highest BCUT2D eigenvalue weighted by Gasteiger charge is 2.17. The molecule has 2 aromatic rings. The van der Waals surface area contributed by atoms with Gasteiger partial charge in [-0.3, -0.25) is 4.98 Å². The maximum absolute atomic E-state index is 6.30. The molecule has 1 heterocycles. The number of nitrogens with zero attached hydrogens (tertiary/aromatic N) is 1. The molecule has 0 aliphatic heterocycles. The van der Waals surface area contributed by atoms with E-state index in [2.05, 4.69) is 48.4 Å². The van der Waals surface area contributed by atoms with Crippen LogP contribution in [0.4, 0.5) is 0 Å². The van der Waals surface area contributed by atoms with Crippen LogP contribution in [0.25, 0.3) is 0 Å². The number of aromatic nitrogens is 1. The van der Waals surface area contributed by atoms with Crippen molar-refractivity contribution in [2.45, 2.75) is 32.7 Å². The molecule has 0 fully saturated rings. The minimum atomic E-state index is -0.0181. The van der Waals surface area contributed by atoms with Crippen LogP contribution in [0, 0.1) is 0 Å². The summed E-state index contributed by atoms with van der Waals surface area (Å²) in [5.74, 6) is 0. The quantitative estimate of drug-likeness (QED) is 0.805. The number of pyridine rings is 1. The van der Waals surface area contributed by atoms with Gasteiger partial charge in [-0.05, 0) is 30.2 Å². The van der Waals surface area contributed by atoms with Crippen molar-refractivity contribution in [1.82, 2.24) is 10.3 Å². The summed E-state index contributed by atoms with van der Waals surface area (Å²) < 4.78 is 0. The van der Waals surface area contributed by atoms with Crippen molar-refractivity contribution in [1.29, 1.82) is 0 Å². The zero-order valence-electron chi connectivity index (χ0n) is 12.4. The van der Waals surface area contributed by atoms with Crippen molar-refractivity contribution >= 4 is 23.2 Å². The average molecular weight is 323 g/mol. The third kappa shape index (κ3) is 4.19. The van der Waals surface area contributed by atoms with E-state index in [1.165, 1.54) is 5.56 Å². The molecule has 0 radical (unpaired) electrons. The lowest BCUT2D eigenvalue weighted by atomic mass is 10.00. The first-order valence-electron chi connectivity index (χ1n) is 7.28. The van der Waals surface area contributed by atoms with Crippen LogP contribution >= 0.6 is 23.2 Å². The van der Waals surface area contributed by atoms with E-state index in [-0.39, 0.29) is 6.04 Å². The van der Waals surface area contributed by atoms with Gasteiger partial charge in [-0.2, -0.15) is 0 Å². The number of nitrogens with one attached hydrogen (secondary N) is 1. The van der Waals surface area contributed by atoms with Gasteiger partial charge >= 0.3 is 0 Å².